The molecule has 0 atom stereocenters. The van der Waals surface area contributed by atoms with Gasteiger partial charge >= 0.3 is 0 Å². The minimum atomic E-state index is 0. The highest BCUT2D eigenvalue weighted by Crippen LogP contribution is 2.21. The molecule has 1 saturated carbocycles. The molecule has 0 spiro atoms. The third kappa shape index (κ3) is 7.23. The van der Waals surface area contributed by atoms with Crippen LogP contribution in [0.4, 0.5) is 0 Å². The lowest BCUT2D eigenvalue weighted by Gasteiger charge is -2.24. The average Bonchev–Trinajstić information content (AvgIpc) is 3.24. The van der Waals surface area contributed by atoms with Gasteiger partial charge in [-0.2, -0.15) is 0 Å². The van der Waals surface area contributed by atoms with Gasteiger partial charge in [0.15, 0.2) is 5.96 Å². The van der Waals surface area contributed by atoms with Gasteiger partial charge in [0.1, 0.15) is 0 Å². The van der Waals surface area contributed by atoms with E-state index in [0.29, 0.717) is 0 Å². The summed E-state index contributed by atoms with van der Waals surface area (Å²) in [6.07, 6.45) is 9.51. The van der Waals surface area contributed by atoms with E-state index in [2.05, 4.69) is 39.5 Å². The van der Waals surface area contributed by atoms with Gasteiger partial charge in [0.05, 0.1) is 5.01 Å². The summed E-state index contributed by atoms with van der Waals surface area (Å²) >= 11 is 1.81. The van der Waals surface area contributed by atoms with Crippen molar-refractivity contribution in [1.82, 2.24) is 20.5 Å². The second kappa shape index (κ2) is 12.0. The maximum atomic E-state index is 4.45. The minimum absolute atomic E-state index is 0. The van der Waals surface area contributed by atoms with Crippen molar-refractivity contribution in [3.05, 3.63) is 16.1 Å². The van der Waals surface area contributed by atoms with E-state index in [4.69, 9.17) is 0 Å². The first-order chi connectivity index (χ1) is 11.2. The number of nitrogens with zero attached hydrogens (tertiary/aromatic N) is 3. The van der Waals surface area contributed by atoms with E-state index < -0.39 is 0 Å². The van der Waals surface area contributed by atoms with Gasteiger partial charge in [-0.15, -0.1) is 35.3 Å². The summed E-state index contributed by atoms with van der Waals surface area (Å²) in [6.45, 7) is 5.04. The molecule has 0 unspecified atom stereocenters. The summed E-state index contributed by atoms with van der Waals surface area (Å²) in [5.74, 6) is 0.886. The van der Waals surface area contributed by atoms with E-state index in [9.17, 15) is 0 Å². The first-order valence-electron chi connectivity index (χ1n) is 8.81. The Hall–Kier alpha value is -0.410. The molecular formula is C17H32IN5S. The lowest BCUT2D eigenvalue weighted by atomic mass is 10.2. The second-order valence-corrected chi connectivity index (χ2v) is 7.37. The van der Waals surface area contributed by atoms with Crippen LogP contribution in [0, 0.1) is 0 Å². The molecule has 1 fully saturated rings. The monoisotopic (exact) mass is 465 g/mol. The molecule has 1 aromatic rings. The second-order valence-electron chi connectivity index (χ2n) is 6.17. The van der Waals surface area contributed by atoms with Gasteiger partial charge in [0.25, 0.3) is 0 Å². The van der Waals surface area contributed by atoms with Crippen LogP contribution in [0.5, 0.6) is 0 Å². The minimum Gasteiger partial charge on any atom is -0.356 e. The summed E-state index contributed by atoms with van der Waals surface area (Å²) in [5, 5.41) is 7.98. The molecule has 2 N–H and O–H groups in total. The number of halogens is 1. The van der Waals surface area contributed by atoms with Crippen LogP contribution in [0.2, 0.25) is 0 Å². The van der Waals surface area contributed by atoms with Crippen LogP contribution in [0.15, 0.2) is 11.2 Å². The third-order valence-corrected chi connectivity index (χ3v) is 5.71. The third-order valence-electron chi connectivity index (χ3n) is 4.51. The number of guanidine groups is 1. The van der Waals surface area contributed by atoms with Crippen molar-refractivity contribution < 1.29 is 0 Å². The molecule has 0 radical (unpaired) electrons. The molecule has 1 aromatic heterocycles. The highest BCUT2D eigenvalue weighted by molar-refractivity contribution is 14.0. The number of aromatic nitrogens is 1. The molecule has 0 amide bonds. The molecule has 2 rings (SSSR count). The molecule has 0 aliphatic heterocycles. The molecule has 1 aliphatic rings. The summed E-state index contributed by atoms with van der Waals surface area (Å²) in [6, 6.07) is 0.782. The summed E-state index contributed by atoms with van der Waals surface area (Å²) in [4.78, 5) is 12.6. The fourth-order valence-corrected chi connectivity index (χ4v) is 3.88. The Labute approximate surface area is 167 Å². The Kier molecular flexibility index (Phi) is 10.8. The highest BCUT2D eigenvalue weighted by atomic mass is 127. The number of nitrogens with one attached hydrogen (secondary N) is 2. The van der Waals surface area contributed by atoms with E-state index in [-0.39, 0.29) is 24.0 Å². The van der Waals surface area contributed by atoms with Crippen molar-refractivity contribution in [1.29, 1.82) is 0 Å². The van der Waals surface area contributed by atoms with Crippen molar-refractivity contribution in [2.24, 2.45) is 4.99 Å². The Bertz CT molecular complexity index is 485. The topological polar surface area (TPSA) is 52.6 Å². The fraction of sp³-hybridized carbons (Fsp3) is 0.765. The number of likely N-dealkylation sites (N-methyl/N-ethyl adjacent to an activating group) is 1. The van der Waals surface area contributed by atoms with E-state index in [1.165, 1.54) is 35.6 Å². The zero-order valence-corrected chi connectivity index (χ0v) is 18.3. The molecular weight excluding hydrogens is 433 g/mol. The van der Waals surface area contributed by atoms with E-state index in [1.54, 1.807) is 0 Å². The van der Waals surface area contributed by atoms with Gasteiger partial charge in [-0.1, -0.05) is 19.8 Å². The highest BCUT2D eigenvalue weighted by Gasteiger charge is 2.18. The summed E-state index contributed by atoms with van der Waals surface area (Å²) in [5.41, 5.74) is 0. The Morgan fingerprint density at radius 1 is 1.33 bits per heavy atom. The number of rotatable bonds is 8. The lowest BCUT2D eigenvalue weighted by molar-refractivity contribution is 0.249. The van der Waals surface area contributed by atoms with Gasteiger partial charge in [-0.3, -0.25) is 4.99 Å². The average molecular weight is 465 g/mol. The molecule has 0 bridgehead atoms. The first kappa shape index (κ1) is 21.6. The number of hydrogen-bond acceptors (Lipinski definition) is 4. The molecule has 0 aromatic carbocycles. The number of thiazole rings is 1. The Morgan fingerprint density at radius 2 is 2.04 bits per heavy atom. The van der Waals surface area contributed by atoms with Crippen molar-refractivity contribution in [2.45, 2.75) is 51.5 Å². The smallest absolute Gasteiger partial charge is 0.191 e. The predicted molar refractivity (Wildman–Crippen MR) is 115 cm³/mol. The van der Waals surface area contributed by atoms with E-state index >= 15 is 0 Å². The molecule has 0 saturated heterocycles. The number of aliphatic imine (C=N–C) groups is 1. The van der Waals surface area contributed by atoms with E-state index in [1.807, 2.05) is 24.6 Å². The largest absolute Gasteiger partial charge is 0.356 e. The van der Waals surface area contributed by atoms with Crippen LogP contribution in [-0.2, 0) is 12.8 Å². The zero-order chi connectivity index (χ0) is 16.5. The van der Waals surface area contributed by atoms with Crippen molar-refractivity contribution in [3.8, 4) is 0 Å². The van der Waals surface area contributed by atoms with Crippen LogP contribution in [0.3, 0.4) is 0 Å². The maximum absolute atomic E-state index is 4.45. The SMILES string of the molecule is CCc1cnc(CCNC(=NC)NCCN(C)C2CCCC2)s1.I. The van der Waals surface area contributed by atoms with Crippen LogP contribution in [0.25, 0.3) is 0 Å². The fourth-order valence-electron chi connectivity index (χ4n) is 3.01. The molecule has 5 nitrogen and oxygen atoms in total. The first-order valence-corrected chi connectivity index (χ1v) is 9.63. The molecule has 7 heteroatoms. The van der Waals surface area contributed by atoms with Crippen molar-refractivity contribution in [2.75, 3.05) is 33.7 Å². The van der Waals surface area contributed by atoms with Gasteiger partial charge in [0.2, 0.25) is 0 Å². The van der Waals surface area contributed by atoms with Crippen LogP contribution < -0.4 is 10.6 Å². The summed E-state index contributed by atoms with van der Waals surface area (Å²) in [7, 11) is 4.07. The zero-order valence-electron chi connectivity index (χ0n) is 15.2. The molecule has 1 heterocycles. The van der Waals surface area contributed by atoms with Gasteiger partial charge < -0.3 is 15.5 Å². The van der Waals surface area contributed by atoms with Gasteiger partial charge in [0, 0.05) is 50.2 Å². The van der Waals surface area contributed by atoms with Crippen molar-refractivity contribution in [3.63, 3.8) is 0 Å². The Morgan fingerprint density at radius 3 is 2.67 bits per heavy atom. The quantitative estimate of drug-likeness (QED) is 0.352. The van der Waals surface area contributed by atoms with Crippen molar-refractivity contribution >= 4 is 41.3 Å². The standard InChI is InChI=1S/C17H31N5S.HI/c1-4-15-13-21-16(23-15)9-10-19-17(18-2)20-11-12-22(3)14-7-5-6-8-14;/h13-14H,4-12H2,1-3H3,(H2,18,19,20);1H. The lowest BCUT2D eigenvalue weighted by Crippen LogP contribution is -2.43. The van der Waals surface area contributed by atoms with Gasteiger partial charge in [-0.05, 0) is 26.3 Å². The summed E-state index contributed by atoms with van der Waals surface area (Å²) < 4.78 is 0. The number of hydrogen-bond donors (Lipinski definition) is 2. The molecule has 1 aliphatic carbocycles. The van der Waals surface area contributed by atoms with Crippen LogP contribution in [-0.4, -0.2) is 55.6 Å². The number of aryl methyl sites for hydroxylation is 1. The van der Waals surface area contributed by atoms with E-state index in [0.717, 1.165) is 44.5 Å². The molecule has 138 valence electrons. The Balaban J connectivity index is 0.00000288. The van der Waals surface area contributed by atoms with Gasteiger partial charge in [-0.25, -0.2) is 4.98 Å². The normalized spacial score (nSPS) is 15.6. The predicted octanol–water partition coefficient (Wildman–Crippen LogP) is 2.91. The van der Waals surface area contributed by atoms with Crippen LogP contribution in [0.1, 0.15) is 42.5 Å². The maximum Gasteiger partial charge on any atom is 0.191 e. The van der Waals surface area contributed by atoms with Crippen LogP contribution >= 0.6 is 35.3 Å². The molecule has 24 heavy (non-hydrogen) atoms.